The van der Waals surface area contributed by atoms with Gasteiger partial charge in [-0.25, -0.2) is 0 Å². The summed E-state index contributed by atoms with van der Waals surface area (Å²) in [4.78, 5) is 0. The first kappa shape index (κ1) is 14.3. The zero-order valence-electron chi connectivity index (χ0n) is 11.9. The standard InChI is InChI=1S/C16H22ClNO2/c1-15(18,12-2-4-14(17)5-3-12)13-6-8-20-16(10-13)7-9-19-11-16/h2-5,13H,6-11,18H2,1H3. The molecule has 0 aromatic heterocycles. The summed E-state index contributed by atoms with van der Waals surface area (Å²) in [7, 11) is 0. The number of rotatable bonds is 2. The third kappa shape index (κ3) is 2.60. The Labute approximate surface area is 125 Å². The number of ether oxygens (including phenoxy) is 2. The van der Waals surface area contributed by atoms with Gasteiger partial charge in [0.15, 0.2) is 0 Å². The molecule has 3 unspecified atom stereocenters. The molecule has 2 aliphatic rings. The molecule has 0 saturated carbocycles. The van der Waals surface area contributed by atoms with E-state index in [1.165, 1.54) is 0 Å². The van der Waals surface area contributed by atoms with Crippen LogP contribution in [0.15, 0.2) is 24.3 Å². The van der Waals surface area contributed by atoms with Crippen LogP contribution in [-0.2, 0) is 15.0 Å². The predicted octanol–water partition coefficient (Wildman–Crippen LogP) is 3.10. The Morgan fingerprint density at radius 1 is 1.30 bits per heavy atom. The Morgan fingerprint density at radius 2 is 2.05 bits per heavy atom. The maximum absolute atomic E-state index is 6.67. The third-order valence-electron chi connectivity index (χ3n) is 4.87. The van der Waals surface area contributed by atoms with Gasteiger partial charge in [-0.2, -0.15) is 0 Å². The highest BCUT2D eigenvalue weighted by molar-refractivity contribution is 6.30. The lowest BCUT2D eigenvalue weighted by Gasteiger charge is -2.44. The lowest BCUT2D eigenvalue weighted by Crippen LogP contribution is -2.50. The first-order chi connectivity index (χ1) is 9.52. The van der Waals surface area contributed by atoms with Crippen molar-refractivity contribution < 1.29 is 9.47 Å². The van der Waals surface area contributed by atoms with E-state index in [2.05, 4.69) is 6.92 Å². The Morgan fingerprint density at radius 3 is 2.70 bits per heavy atom. The fraction of sp³-hybridized carbons (Fsp3) is 0.625. The fourth-order valence-corrected chi connectivity index (χ4v) is 3.57. The summed E-state index contributed by atoms with van der Waals surface area (Å²) in [6.07, 6.45) is 2.96. The van der Waals surface area contributed by atoms with E-state index in [9.17, 15) is 0 Å². The van der Waals surface area contributed by atoms with Crippen molar-refractivity contribution in [3.8, 4) is 0 Å². The predicted molar refractivity (Wildman–Crippen MR) is 79.8 cm³/mol. The van der Waals surface area contributed by atoms with Crippen molar-refractivity contribution in [2.75, 3.05) is 19.8 Å². The topological polar surface area (TPSA) is 44.5 Å². The summed E-state index contributed by atoms with van der Waals surface area (Å²) >= 11 is 5.97. The van der Waals surface area contributed by atoms with E-state index in [4.69, 9.17) is 26.8 Å². The van der Waals surface area contributed by atoms with Gasteiger partial charge in [-0.1, -0.05) is 23.7 Å². The summed E-state index contributed by atoms with van der Waals surface area (Å²) in [5.41, 5.74) is 7.36. The van der Waals surface area contributed by atoms with Crippen molar-refractivity contribution in [3.63, 3.8) is 0 Å². The molecular weight excluding hydrogens is 274 g/mol. The Kier molecular flexibility index (Phi) is 3.80. The highest BCUT2D eigenvalue weighted by Gasteiger charge is 2.45. The summed E-state index contributed by atoms with van der Waals surface area (Å²) in [6.45, 7) is 4.40. The highest BCUT2D eigenvalue weighted by atomic mass is 35.5. The highest BCUT2D eigenvalue weighted by Crippen LogP contribution is 2.42. The molecule has 0 amide bonds. The van der Waals surface area contributed by atoms with Crippen LogP contribution in [0.25, 0.3) is 0 Å². The van der Waals surface area contributed by atoms with Crippen LogP contribution in [0.5, 0.6) is 0 Å². The Bertz CT molecular complexity index is 466. The van der Waals surface area contributed by atoms with Crippen LogP contribution >= 0.6 is 11.6 Å². The smallest absolute Gasteiger partial charge is 0.0940 e. The second-order valence-corrected chi connectivity index (χ2v) is 6.75. The lowest BCUT2D eigenvalue weighted by atomic mass is 9.71. The van der Waals surface area contributed by atoms with E-state index in [-0.39, 0.29) is 11.1 Å². The molecule has 110 valence electrons. The van der Waals surface area contributed by atoms with Crippen molar-refractivity contribution in [2.45, 2.75) is 37.3 Å². The van der Waals surface area contributed by atoms with Gasteiger partial charge in [0, 0.05) is 30.2 Å². The van der Waals surface area contributed by atoms with Gasteiger partial charge in [-0.15, -0.1) is 0 Å². The molecule has 20 heavy (non-hydrogen) atoms. The molecule has 2 aliphatic heterocycles. The van der Waals surface area contributed by atoms with Crippen molar-refractivity contribution in [3.05, 3.63) is 34.9 Å². The molecular formula is C16H22ClNO2. The third-order valence-corrected chi connectivity index (χ3v) is 5.13. The molecule has 3 nitrogen and oxygen atoms in total. The average molecular weight is 296 g/mol. The lowest BCUT2D eigenvalue weighted by molar-refractivity contribution is -0.109. The first-order valence-corrected chi connectivity index (χ1v) is 7.66. The second kappa shape index (κ2) is 5.30. The molecule has 1 aromatic rings. The number of benzene rings is 1. The average Bonchev–Trinajstić information content (AvgIpc) is 2.87. The molecule has 0 bridgehead atoms. The van der Waals surface area contributed by atoms with Crippen LogP contribution in [0.1, 0.15) is 31.7 Å². The first-order valence-electron chi connectivity index (χ1n) is 7.29. The minimum Gasteiger partial charge on any atom is -0.378 e. The Balaban J connectivity index is 1.81. The largest absolute Gasteiger partial charge is 0.378 e. The van der Waals surface area contributed by atoms with E-state index in [1.54, 1.807) is 0 Å². The molecule has 2 fully saturated rings. The SMILES string of the molecule is CC(N)(c1ccc(Cl)cc1)C1CCOC2(CCOC2)C1. The maximum atomic E-state index is 6.67. The number of nitrogens with two attached hydrogens (primary N) is 1. The molecule has 0 aliphatic carbocycles. The van der Waals surface area contributed by atoms with Gasteiger partial charge in [0.25, 0.3) is 0 Å². The van der Waals surface area contributed by atoms with Crippen molar-refractivity contribution in [2.24, 2.45) is 11.7 Å². The summed E-state index contributed by atoms with van der Waals surface area (Å²) < 4.78 is 11.5. The minimum absolute atomic E-state index is 0.101. The maximum Gasteiger partial charge on any atom is 0.0940 e. The quantitative estimate of drug-likeness (QED) is 0.912. The van der Waals surface area contributed by atoms with Crippen LogP contribution in [0.2, 0.25) is 5.02 Å². The van der Waals surface area contributed by atoms with Crippen molar-refractivity contribution >= 4 is 11.6 Å². The van der Waals surface area contributed by atoms with Crippen molar-refractivity contribution in [1.82, 2.24) is 0 Å². The van der Waals surface area contributed by atoms with Gasteiger partial charge in [0.1, 0.15) is 0 Å². The normalized spacial score (nSPS) is 33.2. The fourth-order valence-electron chi connectivity index (χ4n) is 3.45. The van der Waals surface area contributed by atoms with Crippen LogP contribution in [0.3, 0.4) is 0 Å². The molecule has 4 heteroatoms. The number of hydrogen-bond donors (Lipinski definition) is 1. The van der Waals surface area contributed by atoms with E-state index >= 15 is 0 Å². The molecule has 2 N–H and O–H groups in total. The van der Waals surface area contributed by atoms with Crippen LogP contribution in [-0.4, -0.2) is 25.4 Å². The van der Waals surface area contributed by atoms with E-state index < -0.39 is 0 Å². The molecule has 3 rings (SSSR count). The van der Waals surface area contributed by atoms with Gasteiger partial charge in [0.05, 0.1) is 12.2 Å². The van der Waals surface area contributed by atoms with Crippen LogP contribution in [0.4, 0.5) is 0 Å². The zero-order chi connectivity index (χ0) is 14.2. The minimum atomic E-state index is -0.357. The van der Waals surface area contributed by atoms with E-state index in [0.29, 0.717) is 12.5 Å². The van der Waals surface area contributed by atoms with Gasteiger partial charge in [-0.3, -0.25) is 0 Å². The van der Waals surface area contributed by atoms with Crippen LogP contribution in [0, 0.1) is 5.92 Å². The van der Waals surface area contributed by atoms with Gasteiger partial charge < -0.3 is 15.2 Å². The summed E-state index contributed by atoms with van der Waals surface area (Å²) in [5.74, 6) is 0.402. The molecule has 2 saturated heterocycles. The van der Waals surface area contributed by atoms with E-state index in [0.717, 1.165) is 43.1 Å². The monoisotopic (exact) mass is 295 g/mol. The number of hydrogen-bond acceptors (Lipinski definition) is 3. The van der Waals surface area contributed by atoms with Gasteiger partial charge >= 0.3 is 0 Å². The van der Waals surface area contributed by atoms with Gasteiger partial charge in [0.2, 0.25) is 0 Å². The molecule has 0 radical (unpaired) electrons. The Hall–Kier alpha value is -0.610. The molecule has 3 atom stereocenters. The molecule has 1 aromatic carbocycles. The zero-order valence-corrected chi connectivity index (χ0v) is 12.7. The van der Waals surface area contributed by atoms with Crippen molar-refractivity contribution in [1.29, 1.82) is 0 Å². The summed E-state index contributed by atoms with van der Waals surface area (Å²) in [6, 6.07) is 7.90. The van der Waals surface area contributed by atoms with E-state index in [1.807, 2.05) is 24.3 Å². The van der Waals surface area contributed by atoms with Crippen LogP contribution < -0.4 is 5.73 Å². The van der Waals surface area contributed by atoms with Gasteiger partial charge in [-0.05, 0) is 43.4 Å². The summed E-state index contributed by atoms with van der Waals surface area (Å²) in [5, 5.41) is 0.747. The number of halogens is 1. The molecule has 2 heterocycles. The molecule has 1 spiro atoms. The second-order valence-electron chi connectivity index (χ2n) is 6.31.